The summed E-state index contributed by atoms with van der Waals surface area (Å²) in [6, 6.07) is 5.40. The summed E-state index contributed by atoms with van der Waals surface area (Å²) in [5.74, 6) is 0.0203. The van der Waals surface area contributed by atoms with Gasteiger partial charge in [0.1, 0.15) is 0 Å². The van der Waals surface area contributed by atoms with E-state index in [0.717, 1.165) is 14.8 Å². The quantitative estimate of drug-likeness (QED) is 0.740. The van der Waals surface area contributed by atoms with E-state index in [-0.39, 0.29) is 29.9 Å². The molecule has 1 amide bonds. The van der Waals surface area contributed by atoms with Crippen molar-refractivity contribution >= 4 is 44.0 Å². The van der Waals surface area contributed by atoms with Crippen LogP contribution in [0.25, 0.3) is 0 Å². The molecule has 2 rings (SSSR count). The van der Waals surface area contributed by atoms with Crippen LogP contribution in [-0.4, -0.2) is 38.4 Å². The first kappa shape index (κ1) is 15.7. The van der Waals surface area contributed by atoms with Gasteiger partial charge in [-0.15, -0.1) is 0 Å². The molecule has 2 N–H and O–H groups in total. The topological polar surface area (TPSA) is 75.3 Å². The summed E-state index contributed by atoms with van der Waals surface area (Å²) in [7, 11) is -3.01. The molecule has 0 radical (unpaired) electrons. The lowest BCUT2D eigenvalue weighted by atomic mass is 10.2. The van der Waals surface area contributed by atoms with Gasteiger partial charge in [0.2, 0.25) is 5.91 Å². The van der Waals surface area contributed by atoms with Gasteiger partial charge in [0.05, 0.1) is 11.5 Å². The lowest BCUT2D eigenvalue weighted by Crippen LogP contribution is -2.46. The number of carbonyl (C=O) groups excluding carboxylic acids is 1. The summed E-state index contributed by atoms with van der Waals surface area (Å²) in [4.78, 5) is 11.9. The van der Waals surface area contributed by atoms with E-state index in [1.807, 2.05) is 25.1 Å². The van der Waals surface area contributed by atoms with Gasteiger partial charge in [-0.1, -0.05) is 6.07 Å². The predicted molar refractivity (Wildman–Crippen MR) is 87.6 cm³/mol. The summed E-state index contributed by atoms with van der Waals surface area (Å²) in [5.41, 5.74) is 1.90. The molecule has 1 aromatic rings. The number of halogens is 1. The van der Waals surface area contributed by atoms with Crippen molar-refractivity contribution in [2.75, 3.05) is 23.4 Å². The lowest BCUT2D eigenvalue weighted by molar-refractivity contribution is -0.116. The van der Waals surface area contributed by atoms with Gasteiger partial charge < -0.3 is 10.6 Å². The van der Waals surface area contributed by atoms with E-state index >= 15 is 0 Å². The second-order valence-electron chi connectivity index (χ2n) is 4.98. The molecule has 1 atom stereocenters. The van der Waals surface area contributed by atoms with Gasteiger partial charge in [-0.05, 0) is 47.2 Å². The standard InChI is InChI=1S/C13H17IN2O3S/c1-9-2-3-10(6-12(9)14)16-13(17)7-11-8-20(18,19)5-4-15-11/h2-3,6,11,15H,4-5,7-8H2,1H3,(H,16,17). The number of rotatable bonds is 3. The summed E-state index contributed by atoms with van der Waals surface area (Å²) in [5, 5.41) is 5.88. The van der Waals surface area contributed by atoms with Crippen LogP contribution in [0.5, 0.6) is 0 Å². The molecule has 0 spiro atoms. The molecular weight excluding hydrogens is 391 g/mol. The van der Waals surface area contributed by atoms with E-state index < -0.39 is 9.84 Å². The Bertz CT molecular complexity index is 616. The Morgan fingerprint density at radius 3 is 2.90 bits per heavy atom. The van der Waals surface area contributed by atoms with Crippen LogP contribution < -0.4 is 10.6 Å². The SMILES string of the molecule is Cc1ccc(NC(=O)CC2CS(=O)(=O)CCN2)cc1I. The maximum atomic E-state index is 11.9. The first-order valence-electron chi connectivity index (χ1n) is 6.35. The van der Waals surface area contributed by atoms with Gasteiger partial charge in [-0.25, -0.2) is 8.42 Å². The fourth-order valence-corrected chi connectivity index (χ4v) is 4.06. The van der Waals surface area contributed by atoms with E-state index in [9.17, 15) is 13.2 Å². The molecule has 0 aromatic heterocycles. The second kappa shape index (κ2) is 6.40. The molecule has 5 nitrogen and oxygen atoms in total. The van der Waals surface area contributed by atoms with E-state index in [1.165, 1.54) is 0 Å². The Hall–Kier alpha value is -0.670. The Morgan fingerprint density at radius 1 is 1.50 bits per heavy atom. The first-order valence-corrected chi connectivity index (χ1v) is 9.25. The van der Waals surface area contributed by atoms with Gasteiger partial charge >= 0.3 is 0 Å². The summed E-state index contributed by atoms with van der Waals surface area (Å²) < 4.78 is 24.1. The molecular formula is C13H17IN2O3S. The van der Waals surface area contributed by atoms with E-state index in [4.69, 9.17) is 0 Å². The maximum Gasteiger partial charge on any atom is 0.225 e. The van der Waals surface area contributed by atoms with Crippen LogP contribution in [0, 0.1) is 10.5 Å². The average molecular weight is 408 g/mol. The minimum atomic E-state index is -3.01. The minimum Gasteiger partial charge on any atom is -0.326 e. The zero-order valence-electron chi connectivity index (χ0n) is 11.1. The average Bonchev–Trinajstić information content (AvgIpc) is 2.32. The van der Waals surface area contributed by atoms with Crippen LogP contribution >= 0.6 is 22.6 Å². The fraction of sp³-hybridized carbons (Fsp3) is 0.462. The third kappa shape index (κ3) is 4.42. The Morgan fingerprint density at radius 2 is 2.25 bits per heavy atom. The Labute approximate surface area is 132 Å². The summed E-state index contributed by atoms with van der Waals surface area (Å²) in [6.45, 7) is 2.42. The predicted octanol–water partition coefficient (Wildman–Crippen LogP) is 1.31. The second-order valence-corrected chi connectivity index (χ2v) is 8.37. The van der Waals surface area contributed by atoms with Gasteiger partial charge in [0.25, 0.3) is 0 Å². The van der Waals surface area contributed by atoms with E-state index in [0.29, 0.717) is 6.54 Å². The normalized spacial score (nSPS) is 21.4. The molecule has 0 bridgehead atoms. The zero-order chi connectivity index (χ0) is 14.8. The molecule has 110 valence electrons. The van der Waals surface area contributed by atoms with Crippen molar-refractivity contribution in [3.8, 4) is 0 Å². The number of hydrogen-bond donors (Lipinski definition) is 2. The molecule has 0 aliphatic carbocycles. The molecule has 1 heterocycles. The molecule has 1 unspecified atom stereocenters. The van der Waals surface area contributed by atoms with Gasteiger partial charge in [-0.2, -0.15) is 0 Å². The monoisotopic (exact) mass is 408 g/mol. The van der Waals surface area contributed by atoms with Crippen molar-refractivity contribution in [3.05, 3.63) is 27.3 Å². The number of aryl methyl sites for hydroxylation is 1. The highest BCUT2D eigenvalue weighted by Gasteiger charge is 2.25. The molecule has 20 heavy (non-hydrogen) atoms. The number of sulfone groups is 1. The van der Waals surface area contributed by atoms with Crippen molar-refractivity contribution in [2.45, 2.75) is 19.4 Å². The van der Waals surface area contributed by atoms with Crippen LogP contribution in [0.3, 0.4) is 0 Å². The van der Waals surface area contributed by atoms with Crippen LogP contribution in [0.2, 0.25) is 0 Å². The number of nitrogens with one attached hydrogen (secondary N) is 2. The molecule has 1 fully saturated rings. The molecule has 1 aliphatic rings. The zero-order valence-corrected chi connectivity index (χ0v) is 14.1. The van der Waals surface area contributed by atoms with Crippen molar-refractivity contribution in [1.82, 2.24) is 5.32 Å². The molecule has 1 saturated heterocycles. The number of hydrogen-bond acceptors (Lipinski definition) is 4. The number of carbonyl (C=O) groups is 1. The smallest absolute Gasteiger partial charge is 0.225 e. The molecule has 1 aliphatic heterocycles. The molecule has 7 heteroatoms. The van der Waals surface area contributed by atoms with E-state index in [2.05, 4.69) is 33.2 Å². The largest absolute Gasteiger partial charge is 0.326 e. The Balaban J connectivity index is 1.93. The first-order chi connectivity index (χ1) is 9.35. The molecule has 0 saturated carbocycles. The van der Waals surface area contributed by atoms with Crippen LogP contribution in [0.1, 0.15) is 12.0 Å². The third-order valence-electron chi connectivity index (χ3n) is 3.19. The van der Waals surface area contributed by atoms with Crippen LogP contribution in [0.4, 0.5) is 5.69 Å². The third-order valence-corrected chi connectivity index (χ3v) is 6.09. The van der Waals surface area contributed by atoms with Gasteiger partial charge in [-0.3, -0.25) is 4.79 Å². The van der Waals surface area contributed by atoms with E-state index in [1.54, 1.807) is 0 Å². The Kier molecular flexibility index (Phi) is 5.03. The highest BCUT2D eigenvalue weighted by atomic mass is 127. The highest BCUT2D eigenvalue weighted by molar-refractivity contribution is 14.1. The highest BCUT2D eigenvalue weighted by Crippen LogP contribution is 2.17. The van der Waals surface area contributed by atoms with Crippen LogP contribution in [-0.2, 0) is 14.6 Å². The lowest BCUT2D eigenvalue weighted by Gasteiger charge is -2.23. The van der Waals surface area contributed by atoms with Gasteiger partial charge in [0, 0.05) is 28.3 Å². The molecule has 1 aromatic carbocycles. The summed E-state index contributed by atoms with van der Waals surface area (Å²) >= 11 is 2.21. The van der Waals surface area contributed by atoms with Crippen molar-refractivity contribution < 1.29 is 13.2 Å². The van der Waals surface area contributed by atoms with Crippen LogP contribution in [0.15, 0.2) is 18.2 Å². The van der Waals surface area contributed by atoms with Crippen molar-refractivity contribution in [3.63, 3.8) is 0 Å². The minimum absolute atomic E-state index is 0.0336. The van der Waals surface area contributed by atoms with Gasteiger partial charge in [0.15, 0.2) is 9.84 Å². The number of anilines is 1. The fourth-order valence-electron chi connectivity index (χ4n) is 2.10. The maximum absolute atomic E-state index is 11.9. The summed E-state index contributed by atoms with van der Waals surface area (Å²) in [6.07, 6.45) is 0.170. The van der Waals surface area contributed by atoms with Crippen molar-refractivity contribution in [2.24, 2.45) is 0 Å². The number of amides is 1. The van der Waals surface area contributed by atoms with Crippen molar-refractivity contribution in [1.29, 1.82) is 0 Å². The number of benzene rings is 1.